The van der Waals surface area contributed by atoms with Crippen LogP contribution in [0, 0.1) is 5.92 Å². The number of carbonyl (C=O) groups excluding carboxylic acids is 2. The molecule has 27 heavy (non-hydrogen) atoms. The monoisotopic (exact) mass is 392 g/mol. The first-order chi connectivity index (χ1) is 13.0. The van der Waals surface area contributed by atoms with Crippen LogP contribution in [0.5, 0.6) is 0 Å². The smallest absolute Gasteiger partial charge is 0.303 e. The summed E-state index contributed by atoms with van der Waals surface area (Å²) in [5.41, 5.74) is 0.498. The van der Waals surface area contributed by atoms with Gasteiger partial charge in [-0.3, -0.25) is 14.4 Å². The van der Waals surface area contributed by atoms with E-state index in [0.29, 0.717) is 35.9 Å². The molecule has 2 fully saturated rings. The summed E-state index contributed by atoms with van der Waals surface area (Å²) in [5.74, 6) is -0.881. The minimum atomic E-state index is -0.881. The van der Waals surface area contributed by atoms with E-state index in [9.17, 15) is 14.4 Å². The first-order valence-electron chi connectivity index (χ1n) is 9.55. The van der Waals surface area contributed by atoms with Crippen molar-refractivity contribution >= 4 is 29.4 Å². The Morgan fingerprint density at radius 1 is 1.22 bits per heavy atom. The second-order valence-electron chi connectivity index (χ2n) is 7.37. The van der Waals surface area contributed by atoms with E-state index in [1.165, 1.54) is 0 Å². The normalized spacial score (nSPS) is 24.3. The van der Waals surface area contributed by atoms with Crippen molar-refractivity contribution < 1.29 is 19.5 Å². The maximum Gasteiger partial charge on any atom is 0.303 e. The van der Waals surface area contributed by atoms with Crippen molar-refractivity contribution in [2.45, 2.75) is 57.0 Å². The lowest BCUT2D eigenvalue weighted by Crippen LogP contribution is -2.49. The van der Waals surface area contributed by atoms with Gasteiger partial charge in [-0.15, -0.1) is 0 Å². The van der Waals surface area contributed by atoms with E-state index in [1.807, 2.05) is 0 Å². The number of nitrogens with zero attached hydrogens (tertiary/aromatic N) is 1. The van der Waals surface area contributed by atoms with E-state index in [4.69, 9.17) is 16.7 Å². The molecule has 146 valence electrons. The molecule has 1 aliphatic heterocycles. The lowest BCUT2D eigenvalue weighted by Gasteiger charge is -2.33. The molecule has 0 aromatic heterocycles. The summed E-state index contributed by atoms with van der Waals surface area (Å²) in [5, 5.41) is 12.0. The molecule has 1 aromatic carbocycles. The van der Waals surface area contributed by atoms with Crippen LogP contribution in [-0.2, 0) is 9.59 Å². The molecule has 2 N–H and O–H groups in total. The van der Waals surface area contributed by atoms with Crippen LogP contribution < -0.4 is 5.32 Å². The molecule has 1 aliphatic carbocycles. The lowest BCUT2D eigenvalue weighted by atomic mass is 9.84. The van der Waals surface area contributed by atoms with Gasteiger partial charge in [-0.1, -0.05) is 30.5 Å². The highest BCUT2D eigenvalue weighted by atomic mass is 35.5. The van der Waals surface area contributed by atoms with Gasteiger partial charge in [-0.25, -0.2) is 0 Å². The molecule has 1 aromatic rings. The van der Waals surface area contributed by atoms with Gasteiger partial charge >= 0.3 is 5.97 Å². The first kappa shape index (κ1) is 19.7. The van der Waals surface area contributed by atoms with Crippen LogP contribution in [-0.4, -0.2) is 46.4 Å². The fourth-order valence-electron chi connectivity index (χ4n) is 4.33. The molecule has 0 bridgehead atoms. The number of carboxylic acids is 1. The standard InChI is InChI=1S/C20H25ClN2O4/c21-15-7-3-6-14(11-15)20(27)23-16-8-2-1-5-13(16)12-17(23)19(26)22-10-4-9-18(24)25/h3,6-7,11,13,16-17H,1-2,4-5,8-10,12H2,(H,22,26)(H,24,25). The highest BCUT2D eigenvalue weighted by Gasteiger charge is 2.47. The van der Waals surface area contributed by atoms with Crippen LogP contribution >= 0.6 is 11.6 Å². The molecule has 0 radical (unpaired) electrons. The first-order valence-corrected chi connectivity index (χ1v) is 9.93. The number of amides is 2. The maximum absolute atomic E-state index is 13.2. The number of carbonyl (C=O) groups is 3. The van der Waals surface area contributed by atoms with E-state index in [2.05, 4.69) is 5.32 Å². The molecular formula is C20H25ClN2O4. The van der Waals surface area contributed by atoms with Crippen molar-refractivity contribution in [3.63, 3.8) is 0 Å². The molecule has 1 saturated heterocycles. The van der Waals surface area contributed by atoms with Crippen molar-refractivity contribution in [1.82, 2.24) is 10.2 Å². The Hall–Kier alpha value is -2.08. The number of fused-ring (bicyclic) bond motifs is 1. The van der Waals surface area contributed by atoms with E-state index in [0.717, 1.165) is 25.7 Å². The Morgan fingerprint density at radius 3 is 2.74 bits per heavy atom. The van der Waals surface area contributed by atoms with Gasteiger partial charge in [-0.2, -0.15) is 0 Å². The lowest BCUT2D eigenvalue weighted by molar-refractivity contribution is -0.137. The number of likely N-dealkylation sites (tertiary alicyclic amines) is 1. The summed E-state index contributed by atoms with van der Waals surface area (Å²) in [6.07, 6.45) is 5.21. The Morgan fingerprint density at radius 2 is 2.00 bits per heavy atom. The third-order valence-corrected chi connectivity index (χ3v) is 5.80. The number of aliphatic carboxylic acids is 1. The number of benzene rings is 1. The van der Waals surface area contributed by atoms with Crippen molar-refractivity contribution in [3.8, 4) is 0 Å². The van der Waals surface area contributed by atoms with Gasteiger partial charge in [0.05, 0.1) is 0 Å². The molecule has 3 rings (SSSR count). The molecule has 3 unspecified atom stereocenters. The van der Waals surface area contributed by atoms with E-state index >= 15 is 0 Å². The van der Waals surface area contributed by atoms with Gasteiger partial charge in [0.1, 0.15) is 6.04 Å². The van der Waals surface area contributed by atoms with E-state index < -0.39 is 12.0 Å². The molecule has 1 saturated carbocycles. The fourth-order valence-corrected chi connectivity index (χ4v) is 4.52. The van der Waals surface area contributed by atoms with Gasteiger partial charge < -0.3 is 15.3 Å². The zero-order valence-corrected chi connectivity index (χ0v) is 16.0. The van der Waals surface area contributed by atoms with E-state index in [1.54, 1.807) is 29.2 Å². The number of rotatable bonds is 6. The van der Waals surface area contributed by atoms with Crippen LogP contribution in [0.1, 0.15) is 55.3 Å². The Bertz CT molecular complexity index is 724. The fraction of sp³-hybridized carbons (Fsp3) is 0.550. The predicted octanol–water partition coefficient (Wildman–Crippen LogP) is 3.09. The van der Waals surface area contributed by atoms with E-state index in [-0.39, 0.29) is 24.3 Å². The number of hydrogen-bond donors (Lipinski definition) is 2. The van der Waals surface area contributed by atoms with Crippen LogP contribution in [0.25, 0.3) is 0 Å². The minimum Gasteiger partial charge on any atom is -0.481 e. The minimum absolute atomic E-state index is 0.0152. The number of halogens is 1. The molecule has 7 heteroatoms. The average molecular weight is 393 g/mol. The summed E-state index contributed by atoms with van der Waals surface area (Å²) >= 11 is 6.04. The zero-order chi connectivity index (χ0) is 19.4. The Labute approximate surface area is 163 Å². The largest absolute Gasteiger partial charge is 0.481 e. The highest BCUT2D eigenvalue weighted by Crippen LogP contribution is 2.40. The molecular weight excluding hydrogens is 368 g/mol. The average Bonchev–Trinajstić information content (AvgIpc) is 3.04. The third-order valence-electron chi connectivity index (χ3n) is 5.56. The summed E-state index contributed by atoms with van der Waals surface area (Å²) < 4.78 is 0. The van der Waals surface area contributed by atoms with Gasteiger partial charge in [-0.05, 0) is 49.8 Å². The van der Waals surface area contributed by atoms with Gasteiger partial charge in [0.2, 0.25) is 5.91 Å². The van der Waals surface area contributed by atoms with Crippen molar-refractivity contribution in [2.24, 2.45) is 5.92 Å². The summed E-state index contributed by atoms with van der Waals surface area (Å²) in [7, 11) is 0. The summed E-state index contributed by atoms with van der Waals surface area (Å²) in [4.78, 5) is 38.3. The van der Waals surface area contributed by atoms with Crippen LogP contribution in [0.15, 0.2) is 24.3 Å². The Kier molecular flexibility index (Phi) is 6.37. The number of nitrogens with one attached hydrogen (secondary N) is 1. The molecule has 2 aliphatic rings. The molecule has 1 heterocycles. The van der Waals surface area contributed by atoms with Gasteiger partial charge in [0.25, 0.3) is 5.91 Å². The summed E-state index contributed by atoms with van der Waals surface area (Å²) in [6.45, 7) is 0.302. The van der Waals surface area contributed by atoms with Crippen LogP contribution in [0.3, 0.4) is 0 Å². The molecule has 0 spiro atoms. The van der Waals surface area contributed by atoms with Crippen molar-refractivity contribution in [2.75, 3.05) is 6.54 Å². The number of hydrogen-bond acceptors (Lipinski definition) is 3. The van der Waals surface area contributed by atoms with Crippen molar-refractivity contribution in [3.05, 3.63) is 34.9 Å². The topological polar surface area (TPSA) is 86.7 Å². The van der Waals surface area contributed by atoms with Crippen LogP contribution in [0.2, 0.25) is 5.02 Å². The molecule has 2 amide bonds. The van der Waals surface area contributed by atoms with Crippen molar-refractivity contribution in [1.29, 1.82) is 0 Å². The Balaban J connectivity index is 1.75. The summed E-state index contributed by atoms with van der Waals surface area (Å²) in [6, 6.07) is 6.41. The second kappa shape index (κ2) is 8.74. The SMILES string of the molecule is O=C(O)CCCNC(=O)C1CC2CCCCC2N1C(=O)c1cccc(Cl)c1. The zero-order valence-electron chi connectivity index (χ0n) is 15.2. The van der Waals surface area contributed by atoms with Gasteiger partial charge in [0, 0.05) is 29.6 Å². The predicted molar refractivity (Wildman–Crippen MR) is 102 cm³/mol. The van der Waals surface area contributed by atoms with Crippen LogP contribution in [0.4, 0.5) is 0 Å². The second-order valence-corrected chi connectivity index (χ2v) is 7.81. The van der Waals surface area contributed by atoms with Gasteiger partial charge in [0.15, 0.2) is 0 Å². The maximum atomic E-state index is 13.2. The molecule has 6 nitrogen and oxygen atoms in total. The quantitative estimate of drug-likeness (QED) is 0.728. The highest BCUT2D eigenvalue weighted by molar-refractivity contribution is 6.31. The number of carboxylic acid groups (broad SMARTS) is 1. The third kappa shape index (κ3) is 4.61. The molecule has 3 atom stereocenters.